The van der Waals surface area contributed by atoms with Crippen LogP contribution in [0.3, 0.4) is 0 Å². The molecule has 80 valence electrons. The average Bonchev–Trinajstić information content (AvgIpc) is 2.48. The minimum atomic E-state index is 0.374. The fourth-order valence-corrected chi connectivity index (χ4v) is 2.41. The van der Waals surface area contributed by atoms with E-state index in [4.69, 9.17) is 4.74 Å². The van der Waals surface area contributed by atoms with Crippen LogP contribution in [0.4, 0.5) is 5.69 Å². The van der Waals surface area contributed by atoms with Gasteiger partial charge in [-0.05, 0) is 31.2 Å². The fourth-order valence-electron chi connectivity index (χ4n) is 1.50. The summed E-state index contributed by atoms with van der Waals surface area (Å²) in [5.74, 6) is 0. The maximum Gasteiger partial charge on any atom is 0.0661 e. The summed E-state index contributed by atoms with van der Waals surface area (Å²) in [5.41, 5.74) is 2.72. The monoisotopic (exact) mass is 213 g/mol. The van der Waals surface area contributed by atoms with Gasteiger partial charge >= 0.3 is 0 Å². The molecule has 1 aromatic heterocycles. The Morgan fingerprint density at radius 1 is 1.57 bits per heavy atom. The van der Waals surface area contributed by atoms with Crippen LogP contribution < -0.4 is 5.32 Å². The lowest BCUT2D eigenvalue weighted by Gasteiger charge is -2.15. The van der Waals surface area contributed by atoms with Crippen molar-refractivity contribution in [2.45, 2.75) is 33.2 Å². The number of aryl methyl sites for hydroxylation is 2. The van der Waals surface area contributed by atoms with E-state index in [1.165, 1.54) is 16.1 Å². The SMILES string of the molecule is CCc1csc(C)c1NC(C)COC. The molecule has 2 nitrogen and oxygen atoms in total. The molecule has 0 saturated carbocycles. The summed E-state index contributed by atoms with van der Waals surface area (Å²) in [7, 11) is 1.74. The van der Waals surface area contributed by atoms with Gasteiger partial charge in [0, 0.05) is 18.0 Å². The molecule has 1 aromatic rings. The first-order chi connectivity index (χ1) is 6.69. The lowest BCUT2D eigenvalue weighted by atomic mass is 10.2. The molecule has 3 heteroatoms. The Kier molecular flexibility index (Phi) is 4.42. The molecule has 0 fully saturated rings. The van der Waals surface area contributed by atoms with Gasteiger partial charge in [-0.15, -0.1) is 11.3 Å². The van der Waals surface area contributed by atoms with Crippen molar-refractivity contribution >= 4 is 17.0 Å². The van der Waals surface area contributed by atoms with Crippen molar-refractivity contribution in [3.63, 3.8) is 0 Å². The molecule has 14 heavy (non-hydrogen) atoms. The Bertz CT molecular complexity index is 283. The van der Waals surface area contributed by atoms with E-state index in [0.717, 1.165) is 13.0 Å². The first kappa shape index (κ1) is 11.5. The first-order valence-corrected chi connectivity index (χ1v) is 5.89. The zero-order chi connectivity index (χ0) is 10.6. The van der Waals surface area contributed by atoms with Crippen LogP contribution in [0, 0.1) is 6.92 Å². The number of rotatable bonds is 5. The van der Waals surface area contributed by atoms with Crippen LogP contribution in [-0.4, -0.2) is 19.8 Å². The maximum atomic E-state index is 5.11. The van der Waals surface area contributed by atoms with Crippen molar-refractivity contribution in [1.82, 2.24) is 0 Å². The van der Waals surface area contributed by atoms with Gasteiger partial charge in [0.2, 0.25) is 0 Å². The molecule has 0 aliphatic heterocycles. The van der Waals surface area contributed by atoms with Crippen molar-refractivity contribution in [3.8, 4) is 0 Å². The van der Waals surface area contributed by atoms with E-state index >= 15 is 0 Å². The van der Waals surface area contributed by atoms with E-state index in [0.29, 0.717) is 6.04 Å². The van der Waals surface area contributed by atoms with Crippen LogP contribution in [-0.2, 0) is 11.2 Å². The number of methoxy groups -OCH3 is 1. The summed E-state index contributed by atoms with van der Waals surface area (Å²) >= 11 is 1.81. The topological polar surface area (TPSA) is 21.3 Å². The lowest BCUT2D eigenvalue weighted by molar-refractivity contribution is 0.190. The van der Waals surface area contributed by atoms with Gasteiger partial charge < -0.3 is 10.1 Å². The highest BCUT2D eigenvalue weighted by Crippen LogP contribution is 2.28. The molecule has 0 aromatic carbocycles. The van der Waals surface area contributed by atoms with Gasteiger partial charge in [0.1, 0.15) is 0 Å². The van der Waals surface area contributed by atoms with E-state index in [1.54, 1.807) is 7.11 Å². The zero-order valence-electron chi connectivity index (χ0n) is 9.39. The van der Waals surface area contributed by atoms with E-state index in [2.05, 4.69) is 31.5 Å². The van der Waals surface area contributed by atoms with Gasteiger partial charge in [-0.2, -0.15) is 0 Å². The van der Waals surface area contributed by atoms with Crippen LogP contribution >= 0.6 is 11.3 Å². The number of anilines is 1. The van der Waals surface area contributed by atoms with Crippen LogP contribution in [0.1, 0.15) is 24.3 Å². The van der Waals surface area contributed by atoms with Crippen molar-refractivity contribution in [2.24, 2.45) is 0 Å². The van der Waals surface area contributed by atoms with Gasteiger partial charge in [0.25, 0.3) is 0 Å². The van der Waals surface area contributed by atoms with Gasteiger partial charge in [-0.3, -0.25) is 0 Å². The van der Waals surface area contributed by atoms with Crippen molar-refractivity contribution in [1.29, 1.82) is 0 Å². The van der Waals surface area contributed by atoms with Crippen molar-refractivity contribution in [2.75, 3.05) is 19.0 Å². The Balaban J connectivity index is 2.68. The summed E-state index contributed by atoms with van der Waals surface area (Å²) in [4.78, 5) is 1.37. The standard InChI is InChI=1S/C11H19NOS/c1-5-10-7-14-9(3)11(10)12-8(2)6-13-4/h7-8,12H,5-6H2,1-4H3. The molecule has 1 unspecified atom stereocenters. The highest BCUT2D eigenvalue weighted by molar-refractivity contribution is 7.10. The molecule has 0 radical (unpaired) electrons. The lowest BCUT2D eigenvalue weighted by Crippen LogP contribution is -2.21. The van der Waals surface area contributed by atoms with E-state index < -0.39 is 0 Å². The molecule has 1 rings (SSSR count). The van der Waals surface area contributed by atoms with E-state index in [-0.39, 0.29) is 0 Å². The van der Waals surface area contributed by atoms with Crippen molar-refractivity contribution in [3.05, 3.63) is 15.8 Å². The minimum absolute atomic E-state index is 0.374. The number of hydrogen-bond acceptors (Lipinski definition) is 3. The molecule has 1 atom stereocenters. The fraction of sp³-hybridized carbons (Fsp3) is 0.636. The third-order valence-electron chi connectivity index (χ3n) is 2.24. The molecule has 1 N–H and O–H groups in total. The number of ether oxygens (including phenoxy) is 1. The Morgan fingerprint density at radius 3 is 2.86 bits per heavy atom. The van der Waals surface area contributed by atoms with E-state index in [9.17, 15) is 0 Å². The second kappa shape index (κ2) is 5.37. The normalized spacial score (nSPS) is 12.9. The summed E-state index contributed by atoms with van der Waals surface area (Å²) in [6, 6.07) is 0.374. The second-order valence-corrected chi connectivity index (χ2v) is 4.63. The Morgan fingerprint density at radius 2 is 2.29 bits per heavy atom. The van der Waals surface area contributed by atoms with Crippen molar-refractivity contribution < 1.29 is 4.74 Å². The maximum absolute atomic E-state index is 5.11. The highest BCUT2D eigenvalue weighted by atomic mass is 32.1. The molecule has 1 heterocycles. The molecular formula is C11H19NOS. The highest BCUT2D eigenvalue weighted by Gasteiger charge is 2.09. The smallest absolute Gasteiger partial charge is 0.0661 e. The van der Waals surface area contributed by atoms with E-state index in [1.807, 2.05) is 11.3 Å². The predicted molar refractivity (Wildman–Crippen MR) is 63.4 cm³/mol. The largest absolute Gasteiger partial charge is 0.383 e. The minimum Gasteiger partial charge on any atom is -0.383 e. The third-order valence-corrected chi connectivity index (χ3v) is 3.20. The summed E-state index contributed by atoms with van der Waals surface area (Å²) in [5, 5.41) is 5.73. The van der Waals surface area contributed by atoms with Crippen LogP contribution in [0.15, 0.2) is 5.38 Å². The molecule has 0 aliphatic carbocycles. The number of nitrogens with one attached hydrogen (secondary N) is 1. The number of thiophene rings is 1. The molecule has 0 spiro atoms. The quantitative estimate of drug-likeness (QED) is 0.811. The van der Waals surface area contributed by atoms with Gasteiger partial charge in [-0.25, -0.2) is 0 Å². The number of hydrogen-bond donors (Lipinski definition) is 1. The second-order valence-electron chi connectivity index (χ2n) is 3.55. The Labute approximate surface area is 90.3 Å². The zero-order valence-corrected chi connectivity index (χ0v) is 10.2. The van der Waals surface area contributed by atoms with Gasteiger partial charge in [-0.1, -0.05) is 6.92 Å². The first-order valence-electron chi connectivity index (χ1n) is 5.01. The van der Waals surface area contributed by atoms with Crippen LogP contribution in [0.25, 0.3) is 0 Å². The molecule has 0 aliphatic rings. The predicted octanol–water partition coefficient (Wildman–Crippen LogP) is 3.07. The average molecular weight is 213 g/mol. The molecule has 0 amide bonds. The van der Waals surface area contributed by atoms with Gasteiger partial charge in [0.05, 0.1) is 12.3 Å². The van der Waals surface area contributed by atoms with Crippen LogP contribution in [0.2, 0.25) is 0 Å². The summed E-state index contributed by atoms with van der Waals surface area (Å²) in [6.07, 6.45) is 1.09. The molecule has 0 saturated heterocycles. The third kappa shape index (κ3) is 2.72. The summed E-state index contributed by atoms with van der Waals surface area (Å²) < 4.78 is 5.11. The van der Waals surface area contributed by atoms with Gasteiger partial charge in [0.15, 0.2) is 0 Å². The molecular weight excluding hydrogens is 194 g/mol. The molecule has 0 bridgehead atoms. The van der Waals surface area contributed by atoms with Crippen LogP contribution in [0.5, 0.6) is 0 Å². The Hall–Kier alpha value is -0.540. The summed E-state index contributed by atoms with van der Waals surface area (Å²) in [6.45, 7) is 7.23.